The largest absolute Gasteiger partial charge is 0.466 e. The molecule has 0 aromatic carbocycles. The number of rotatable bonds is 4. The summed E-state index contributed by atoms with van der Waals surface area (Å²) in [6, 6.07) is 0. The van der Waals surface area contributed by atoms with Crippen molar-refractivity contribution in [3.05, 3.63) is 0 Å². The van der Waals surface area contributed by atoms with Crippen molar-refractivity contribution < 1.29 is 14.3 Å². The van der Waals surface area contributed by atoms with E-state index in [1.165, 1.54) is 0 Å². The summed E-state index contributed by atoms with van der Waals surface area (Å²) in [5.74, 6) is -0.780. The number of piperazine rings is 1. The lowest BCUT2D eigenvalue weighted by atomic mass is 10.4. The van der Waals surface area contributed by atoms with Gasteiger partial charge in [0, 0.05) is 26.2 Å². The number of hydrazine groups is 1. The second-order valence-corrected chi connectivity index (χ2v) is 3.81. The number of hydrogen-bond donors (Lipinski definition) is 1. The number of esters is 1. The van der Waals surface area contributed by atoms with Gasteiger partial charge in [-0.1, -0.05) is 0 Å². The molecule has 0 unspecified atom stereocenters. The van der Waals surface area contributed by atoms with Gasteiger partial charge >= 0.3 is 5.97 Å². The minimum absolute atomic E-state index is 0.208. The van der Waals surface area contributed by atoms with E-state index < -0.39 is 5.97 Å². The summed E-state index contributed by atoms with van der Waals surface area (Å²) >= 11 is 0. The second-order valence-electron chi connectivity index (χ2n) is 3.81. The van der Waals surface area contributed by atoms with Gasteiger partial charge in [-0.25, -0.2) is 5.01 Å². The van der Waals surface area contributed by atoms with Crippen LogP contribution >= 0.6 is 0 Å². The van der Waals surface area contributed by atoms with Crippen LogP contribution in [-0.2, 0) is 14.3 Å². The Bertz CT molecular complexity index is 250. The third-order valence-corrected chi connectivity index (χ3v) is 2.40. The Morgan fingerprint density at radius 1 is 1.25 bits per heavy atom. The van der Waals surface area contributed by atoms with Crippen molar-refractivity contribution in [1.82, 2.24) is 15.3 Å². The molecule has 1 fully saturated rings. The molecule has 1 aliphatic rings. The van der Waals surface area contributed by atoms with Crippen molar-refractivity contribution in [2.75, 3.05) is 39.8 Å². The van der Waals surface area contributed by atoms with Crippen molar-refractivity contribution in [1.29, 1.82) is 0 Å². The predicted octanol–water partition coefficient (Wildman–Crippen LogP) is -0.782. The van der Waals surface area contributed by atoms with Crippen LogP contribution in [0.15, 0.2) is 0 Å². The summed E-state index contributed by atoms with van der Waals surface area (Å²) in [5, 5.41) is 1.83. The van der Waals surface area contributed by atoms with Gasteiger partial charge in [0.1, 0.15) is 6.42 Å². The molecule has 6 heteroatoms. The molecule has 0 radical (unpaired) electrons. The highest BCUT2D eigenvalue weighted by molar-refractivity contribution is 5.93. The summed E-state index contributed by atoms with van der Waals surface area (Å²) < 4.78 is 4.69. The van der Waals surface area contributed by atoms with Gasteiger partial charge in [-0.2, -0.15) is 0 Å². The summed E-state index contributed by atoms with van der Waals surface area (Å²) in [7, 11) is 2.04. The van der Waals surface area contributed by atoms with Gasteiger partial charge < -0.3 is 9.64 Å². The predicted molar refractivity (Wildman–Crippen MR) is 58.5 cm³/mol. The third kappa shape index (κ3) is 4.59. The lowest BCUT2D eigenvalue weighted by molar-refractivity contribution is -0.147. The Balaban J connectivity index is 2.21. The lowest BCUT2D eigenvalue weighted by Gasteiger charge is -2.32. The molecule has 0 aliphatic carbocycles. The first-order valence-electron chi connectivity index (χ1n) is 5.50. The molecule has 1 saturated heterocycles. The fourth-order valence-corrected chi connectivity index (χ4v) is 1.48. The number of nitrogens with zero attached hydrogens (tertiary/aromatic N) is 2. The average Bonchev–Trinajstić information content (AvgIpc) is 2.21. The fraction of sp³-hybridized carbons (Fsp3) is 0.800. The van der Waals surface area contributed by atoms with Crippen LogP contribution in [0.1, 0.15) is 13.3 Å². The number of ether oxygens (including phenoxy) is 1. The maximum Gasteiger partial charge on any atom is 0.315 e. The summed E-state index contributed by atoms with van der Waals surface area (Å²) in [6.07, 6.45) is -0.208. The molecule has 1 amide bonds. The molecule has 0 aromatic heterocycles. The van der Waals surface area contributed by atoms with E-state index in [2.05, 4.69) is 10.3 Å². The van der Waals surface area contributed by atoms with Crippen molar-refractivity contribution in [3.63, 3.8) is 0 Å². The minimum Gasteiger partial charge on any atom is -0.466 e. The van der Waals surface area contributed by atoms with Gasteiger partial charge in [0.25, 0.3) is 0 Å². The standard InChI is InChI=1S/C10H19N3O3/c1-3-16-10(15)8-9(14)11-13-6-4-12(2)5-7-13/h3-8H2,1-2H3,(H,11,14). The van der Waals surface area contributed by atoms with Crippen LogP contribution in [0.4, 0.5) is 0 Å². The molecule has 0 bridgehead atoms. The monoisotopic (exact) mass is 229 g/mol. The summed E-state index contributed by atoms with van der Waals surface area (Å²) in [6.45, 7) is 5.42. The Kier molecular flexibility index (Phi) is 5.21. The van der Waals surface area contributed by atoms with E-state index in [0.29, 0.717) is 6.61 Å². The van der Waals surface area contributed by atoms with Crippen molar-refractivity contribution in [3.8, 4) is 0 Å². The molecule has 1 N–H and O–H groups in total. The van der Waals surface area contributed by atoms with E-state index in [-0.39, 0.29) is 12.3 Å². The van der Waals surface area contributed by atoms with Gasteiger partial charge in [-0.05, 0) is 14.0 Å². The van der Waals surface area contributed by atoms with Crippen LogP contribution in [0.3, 0.4) is 0 Å². The van der Waals surface area contributed by atoms with Crippen molar-refractivity contribution >= 4 is 11.9 Å². The molecule has 1 heterocycles. The second kappa shape index (κ2) is 6.44. The van der Waals surface area contributed by atoms with E-state index in [0.717, 1.165) is 26.2 Å². The zero-order valence-electron chi connectivity index (χ0n) is 9.86. The van der Waals surface area contributed by atoms with Gasteiger partial charge in [-0.15, -0.1) is 0 Å². The summed E-state index contributed by atoms with van der Waals surface area (Å²) in [5.41, 5.74) is 2.70. The molecule has 0 atom stereocenters. The van der Waals surface area contributed by atoms with Crippen molar-refractivity contribution in [2.24, 2.45) is 0 Å². The lowest BCUT2D eigenvalue weighted by Crippen LogP contribution is -2.52. The highest BCUT2D eigenvalue weighted by Crippen LogP contribution is 1.96. The van der Waals surface area contributed by atoms with E-state index in [4.69, 9.17) is 4.74 Å². The topological polar surface area (TPSA) is 61.9 Å². The highest BCUT2D eigenvalue weighted by atomic mass is 16.5. The normalized spacial score (nSPS) is 18.1. The van der Waals surface area contributed by atoms with E-state index in [9.17, 15) is 9.59 Å². The number of amides is 1. The SMILES string of the molecule is CCOC(=O)CC(=O)NN1CCN(C)CC1. The Hall–Kier alpha value is -1.14. The average molecular weight is 229 g/mol. The van der Waals surface area contributed by atoms with E-state index in [1.54, 1.807) is 6.92 Å². The van der Waals surface area contributed by atoms with Crippen LogP contribution in [0.2, 0.25) is 0 Å². The van der Waals surface area contributed by atoms with Crippen molar-refractivity contribution in [2.45, 2.75) is 13.3 Å². The first kappa shape index (κ1) is 12.9. The Labute approximate surface area is 95.5 Å². The van der Waals surface area contributed by atoms with Crippen LogP contribution in [0, 0.1) is 0 Å². The van der Waals surface area contributed by atoms with E-state index >= 15 is 0 Å². The fourth-order valence-electron chi connectivity index (χ4n) is 1.48. The van der Waals surface area contributed by atoms with Gasteiger partial charge in [0.05, 0.1) is 6.61 Å². The zero-order chi connectivity index (χ0) is 12.0. The van der Waals surface area contributed by atoms with Gasteiger partial charge in [-0.3, -0.25) is 15.0 Å². The Morgan fingerprint density at radius 2 is 1.88 bits per heavy atom. The smallest absolute Gasteiger partial charge is 0.315 e. The molecular formula is C10H19N3O3. The molecule has 0 saturated carbocycles. The molecule has 6 nitrogen and oxygen atoms in total. The van der Waals surface area contributed by atoms with E-state index in [1.807, 2.05) is 12.1 Å². The number of likely N-dealkylation sites (N-methyl/N-ethyl adjacent to an activating group) is 1. The molecule has 1 rings (SSSR count). The van der Waals surface area contributed by atoms with Crippen LogP contribution in [0.25, 0.3) is 0 Å². The minimum atomic E-state index is -0.478. The maximum absolute atomic E-state index is 11.4. The first-order valence-corrected chi connectivity index (χ1v) is 5.50. The quantitative estimate of drug-likeness (QED) is 0.506. The number of hydrogen-bond acceptors (Lipinski definition) is 5. The third-order valence-electron chi connectivity index (χ3n) is 2.40. The Morgan fingerprint density at radius 3 is 2.44 bits per heavy atom. The molecule has 1 aliphatic heterocycles. The first-order chi connectivity index (χ1) is 7.61. The number of carbonyl (C=O) groups is 2. The molecule has 16 heavy (non-hydrogen) atoms. The summed E-state index contributed by atoms with van der Waals surface area (Å²) in [4.78, 5) is 24.6. The van der Waals surface area contributed by atoms with Gasteiger partial charge in [0.2, 0.25) is 5.91 Å². The number of carbonyl (C=O) groups excluding carboxylic acids is 2. The van der Waals surface area contributed by atoms with Crippen LogP contribution in [0.5, 0.6) is 0 Å². The zero-order valence-corrected chi connectivity index (χ0v) is 9.86. The van der Waals surface area contributed by atoms with Gasteiger partial charge in [0.15, 0.2) is 0 Å². The van der Waals surface area contributed by atoms with Crippen LogP contribution < -0.4 is 5.43 Å². The maximum atomic E-state index is 11.4. The molecule has 0 aromatic rings. The molecule has 92 valence electrons. The molecule has 0 spiro atoms. The highest BCUT2D eigenvalue weighted by Gasteiger charge is 2.17. The molecular weight excluding hydrogens is 210 g/mol. The number of nitrogens with one attached hydrogen (secondary N) is 1. The van der Waals surface area contributed by atoms with Crippen LogP contribution in [-0.4, -0.2) is 61.6 Å².